The fraction of sp³-hybridized carbons (Fsp3) is 0.125. The Balaban J connectivity index is 2.83. The molecule has 2 aromatic rings. The van der Waals surface area contributed by atoms with Crippen LogP contribution in [-0.2, 0) is 0 Å². The van der Waals surface area contributed by atoms with Crippen molar-refractivity contribution in [1.82, 2.24) is 4.98 Å². The molecule has 0 fully saturated rings. The number of nitrogen functional groups attached to an aromatic ring is 1. The van der Waals surface area contributed by atoms with Crippen LogP contribution < -0.4 is 10.5 Å². The Morgan fingerprint density at radius 1 is 1.58 bits per heavy atom. The van der Waals surface area contributed by atoms with Gasteiger partial charge < -0.3 is 10.5 Å². The van der Waals surface area contributed by atoms with E-state index < -0.39 is 0 Å². The number of hydrogen-bond acceptors (Lipinski definition) is 4. The van der Waals surface area contributed by atoms with E-state index in [0.29, 0.717) is 5.69 Å². The quantitative estimate of drug-likeness (QED) is 0.729. The minimum Gasteiger partial charge on any atom is -0.493 e. The smallest absolute Gasteiger partial charge is 0.162 e. The number of fused-ring (bicyclic) bond motifs is 1. The summed E-state index contributed by atoms with van der Waals surface area (Å²) < 4.78 is 6.17. The maximum atomic E-state index is 5.68. The Bertz CT molecular complexity index is 410. The molecule has 0 atom stereocenters. The van der Waals surface area contributed by atoms with Crippen LogP contribution in [0.3, 0.4) is 0 Å². The minimum atomic E-state index is 0.590. The lowest BCUT2D eigenvalue weighted by molar-refractivity contribution is 0.422. The van der Waals surface area contributed by atoms with Gasteiger partial charge in [0.05, 0.1) is 29.2 Å². The van der Waals surface area contributed by atoms with Crippen LogP contribution in [-0.4, -0.2) is 12.1 Å². The average Bonchev–Trinajstić information content (AvgIpc) is 2.52. The average molecular weight is 180 g/mol. The predicted molar refractivity (Wildman–Crippen MR) is 50.6 cm³/mol. The van der Waals surface area contributed by atoms with Crippen molar-refractivity contribution in [2.24, 2.45) is 0 Å². The summed E-state index contributed by atoms with van der Waals surface area (Å²) in [7, 11) is 1.62. The van der Waals surface area contributed by atoms with Crippen LogP contribution in [0.2, 0.25) is 0 Å². The lowest BCUT2D eigenvalue weighted by atomic mass is 10.3. The van der Waals surface area contributed by atoms with E-state index in [1.807, 2.05) is 11.4 Å². The Labute approximate surface area is 73.8 Å². The number of thiophene rings is 1. The van der Waals surface area contributed by atoms with Crippen LogP contribution >= 0.6 is 11.3 Å². The number of methoxy groups -OCH3 is 1. The van der Waals surface area contributed by atoms with Gasteiger partial charge in [0.15, 0.2) is 5.75 Å². The first-order valence-corrected chi connectivity index (χ1v) is 4.36. The largest absolute Gasteiger partial charge is 0.493 e. The third-order valence-electron chi connectivity index (χ3n) is 1.66. The monoisotopic (exact) mass is 180 g/mol. The molecule has 0 aromatic carbocycles. The standard InChI is InChI=1S/C8H8N2OS/c1-11-7-5(9)4-10-6-2-3-12-8(6)7/h2-4H,9H2,1H3. The van der Waals surface area contributed by atoms with Gasteiger partial charge in [-0.05, 0) is 11.4 Å². The topological polar surface area (TPSA) is 48.1 Å². The molecular formula is C8H8N2OS. The molecule has 3 nitrogen and oxygen atoms in total. The number of nitrogens with zero attached hydrogens (tertiary/aromatic N) is 1. The number of hydrogen-bond donors (Lipinski definition) is 1. The molecule has 2 N–H and O–H groups in total. The van der Waals surface area contributed by atoms with Crippen molar-refractivity contribution in [3.8, 4) is 5.75 Å². The molecule has 0 radical (unpaired) electrons. The van der Waals surface area contributed by atoms with E-state index in [9.17, 15) is 0 Å². The molecule has 0 aliphatic carbocycles. The molecule has 0 aliphatic heterocycles. The maximum Gasteiger partial charge on any atom is 0.162 e. The SMILES string of the molecule is COc1c(N)cnc2ccsc12. The van der Waals surface area contributed by atoms with Gasteiger partial charge >= 0.3 is 0 Å². The van der Waals surface area contributed by atoms with Gasteiger partial charge in [0.1, 0.15) is 0 Å². The van der Waals surface area contributed by atoms with E-state index in [1.54, 1.807) is 24.6 Å². The first-order valence-electron chi connectivity index (χ1n) is 3.48. The molecule has 0 spiro atoms. The highest BCUT2D eigenvalue weighted by molar-refractivity contribution is 7.17. The van der Waals surface area contributed by atoms with Gasteiger partial charge in [-0.15, -0.1) is 11.3 Å². The number of rotatable bonds is 1. The fourth-order valence-corrected chi connectivity index (χ4v) is 2.00. The molecule has 2 heterocycles. The second-order valence-corrected chi connectivity index (χ2v) is 3.30. The van der Waals surface area contributed by atoms with Crippen molar-refractivity contribution in [2.45, 2.75) is 0 Å². The Hall–Kier alpha value is -1.29. The van der Waals surface area contributed by atoms with Gasteiger partial charge in [-0.2, -0.15) is 0 Å². The highest BCUT2D eigenvalue weighted by Gasteiger charge is 2.06. The summed E-state index contributed by atoms with van der Waals surface area (Å²) in [6.45, 7) is 0. The summed E-state index contributed by atoms with van der Waals surface area (Å²) >= 11 is 1.59. The molecule has 2 aromatic heterocycles. The van der Waals surface area contributed by atoms with Gasteiger partial charge in [-0.25, -0.2) is 0 Å². The maximum absolute atomic E-state index is 5.68. The van der Waals surface area contributed by atoms with Crippen LogP contribution in [0.4, 0.5) is 5.69 Å². The van der Waals surface area contributed by atoms with Crippen molar-refractivity contribution >= 4 is 27.2 Å². The molecule has 62 valence electrons. The number of ether oxygens (including phenoxy) is 1. The zero-order valence-corrected chi connectivity index (χ0v) is 7.39. The van der Waals surface area contributed by atoms with Crippen molar-refractivity contribution in [2.75, 3.05) is 12.8 Å². The van der Waals surface area contributed by atoms with E-state index in [2.05, 4.69) is 4.98 Å². The molecular weight excluding hydrogens is 172 g/mol. The zero-order chi connectivity index (χ0) is 8.55. The van der Waals surface area contributed by atoms with Crippen molar-refractivity contribution < 1.29 is 4.74 Å². The molecule has 0 aliphatic rings. The van der Waals surface area contributed by atoms with Gasteiger partial charge in [-0.3, -0.25) is 4.98 Å². The van der Waals surface area contributed by atoms with Crippen molar-refractivity contribution in [1.29, 1.82) is 0 Å². The second-order valence-electron chi connectivity index (χ2n) is 2.38. The van der Waals surface area contributed by atoms with Crippen LogP contribution in [0.5, 0.6) is 5.75 Å². The van der Waals surface area contributed by atoms with Crippen molar-refractivity contribution in [3.63, 3.8) is 0 Å². The molecule has 0 saturated carbocycles. The summed E-state index contributed by atoms with van der Waals surface area (Å²) in [6.07, 6.45) is 1.62. The summed E-state index contributed by atoms with van der Waals surface area (Å²) in [5.74, 6) is 0.731. The third-order valence-corrected chi connectivity index (χ3v) is 2.56. The van der Waals surface area contributed by atoms with E-state index in [0.717, 1.165) is 16.0 Å². The molecule has 2 rings (SSSR count). The number of aromatic nitrogens is 1. The number of pyridine rings is 1. The first kappa shape index (κ1) is 7.36. The highest BCUT2D eigenvalue weighted by Crippen LogP contribution is 2.33. The van der Waals surface area contributed by atoms with Gasteiger partial charge in [0, 0.05) is 0 Å². The van der Waals surface area contributed by atoms with Crippen LogP contribution in [0.1, 0.15) is 0 Å². The second kappa shape index (κ2) is 2.64. The predicted octanol–water partition coefficient (Wildman–Crippen LogP) is 1.89. The highest BCUT2D eigenvalue weighted by atomic mass is 32.1. The molecule has 4 heteroatoms. The lowest BCUT2D eigenvalue weighted by Gasteiger charge is -2.03. The van der Waals surface area contributed by atoms with Gasteiger partial charge in [0.25, 0.3) is 0 Å². The Morgan fingerprint density at radius 2 is 2.42 bits per heavy atom. The van der Waals surface area contributed by atoms with Gasteiger partial charge in [0.2, 0.25) is 0 Å². The lowest BCUT2D eigenvalue weighted by Crippen LogP contribution is -1.92. The number of anilines is 1. The Kier molecular flexibility index (Phi) is 1.62. The normalized spacial score (nSPS) is 10.4. The fourth-order valence-electron chi connectivity index (χ4n) is 1.11. The molecule has 0 bridgehead atoms. The molecule has 0 saturated heterocycles. The Morgan fingerprint density at radius 3 is 3.17 bits per heavy atom. The van der Waals surface area contributed by atoms with E-state index in [4.69, 9.17) is 10.5 Å². The van der Waals surface area contributed by atoms with E-state index >= 15 is 0 Å². The summed E-state index contributed by atoms with van der Waals surface area (Å²) in [6, 6.07) is 1.95. The van der Waals surface area contributed by atoms with Crippen molar-refractivity contribution in [3.05, 3.63) is 17.6 Å². The summed E-state index contributed by atoms with van der Waals surface area (Å²) in [5.41, 5.74) is 7.20. The van der Waals surface area contributed by atoms with Gasteiger partial charge in [-0.1, -0.05) is 0 Å². The molecule has 12 heavy (non-hydrogen) atoms. The van der Waals surface area contributed by atoms with Crippen LogP contribution in [0.25, 0.3) is 10.2 Å². The molecule has 0 amide bonds. The molecule has 0 unspecified atom stereocenters. The zero-order valence-electron chi connectivity index (χ0n) is 6.57. The first-order chi connectivity index (χ1) is 5.83. The van der Waals surface area contributed by atoms with Crippen LogP contribution in [0, 0.1) is 0 Å². The summed E-state index contributed by atoms with van der Waals surface area (Å²) in [5, 5.41) is 1.97. The summed E-state index contributed by atoms with van der Waals surface area (Å²) in [4.78, 5) is 4.15. The van der Waals surface area contributed by atoms with E-state index in [-0.39, 0.29) is 0 Å². The number of nitrogens with two attached hydrogens (primary N) is 1. The van der Waals surface area contributed by atoms with E-state index in [1.165, 1.54) is 0 Å². The third kappa shape index (κ3) is 0.921. The van der Waals surface area contributed by atoms with Crippen LogP contribution in [0.15, 0.2) is 17.6 Å². The minimum absolute atomic E-state index is 0.590.